The second-order valence-electron chi connectivity index (χ2n) is 7.17. The first-order valence-corrected chi connectivity index (χ1v) is 8.94. The molecule has 5 nitrogen and oxygen atoms in total. The van der Waals surface area contributed by atoms with E-state index in [1.165, 1.54) is 0 Å². The van der Waals surface area contributed by atoms with E-state index >= 15 is 0 Å². The third kappa shape index (κ3) is 1.40. The number of hydrogen-bond acceptors (Lipinski definition) is 4. The van der Waals surface area contributed by atoms with Gasteiger partial charge in [-0.1, -0.05) is 48.5 Å². The third-order valence-electron chi connectivity index (χ3n) is 6.34. The van der Waals surface area contributed by atoms with Gasteiger partial charge in [0, 0.05) is 5.92 Å². The molecule has 0 radical (unpaired) electrons. The van der Waals surface area contributed by atoms with E-state index < -0.39 is 22.8 Å². The van der Waals surface area contributed by atoms with E-state index in [1.807, 2.05) is 48.5 Å². The normalized spacial score (nSPS) is 28.9. The number of benzene rings is 2. The van der Waals surface area contributed by atoms with Crippen LogP contribution >= 0.6 is 0 Å². The van der Waals surface area contributed by atoms with Gasteiger partial charge in [0.2, 0.25) is 5.91 Å². The summed E-state index contributed by atoms with van der Waals surface area (Å²) in [4.78, 5) is 26.2. The van der Waals surface area contributed by atoms with Crippen molar-refractivity contribution < 1.29 is 19.4 Å². The topological polar surface area (TPSA) is 75.6 Å². The summed E-state index contributed by atoms with van der Waals surface area (Å²) in [6, 6.07) is 15.4. The molecule has 1 saturated heterocycles. The lowest BCUT2D eigenvalue weighted by Gasteiger charge is -2.25. The highest BCUT2D eigenvalue weighted by atomic mass is 16.5. The predicted octanol–water partition coefficient (Wildman–Crippen LogP) is 1.62. The van der Waals surface area contributed by atoms with Gasteiger partial charge < -0.3 is 15.2 Å². The number of piperidine rings is 1. The SMILES string of the molecule is CCOC(=O)[C@]12C(=O)N[C@H](CO)[C@H]1C21c2ccccc2-c2ccccc21. The van der Waals surface area contributed by atoms with Crippen LogP contribution in [0.5, 0.6) is 0 Å². The molecule has 2 fully saturated rings. The van der Waals surface area contributed by atoms with E-state index in [2.05, 4.69) is 5.32 Å². The van der Waals surface area contributed by atoms with Crippen molar-refractivity contribution in [1.82, 2.24) is 5.32 Å². The minimum atomic E-state index is -1.31. The molecule has 1 spiro atoms. The molecule has 1 saturated carbocycles. The Kier molecular flexibility index (Phi) is 2.97. The molecule has 3 aliphatic rings. The van der Waals surface area contributed by atoms with Crippen LogP contribution in [0.25, 0.3) is 11.1 Å². The van der Waals surface area contributed by atoms with Crippen LogP contribution in [0.3, 0.4) is 0 Å². The monoisotopic (exact) mass is 349 g/mol. The number of hydrogen-bond donors (Lipinski definition) is 2. The minimum absolute atomic E-state index is 0.205. The number of aliphatic hydroxyl groups is 1. The van der Waals surface area contributed by atoms with Crippen molar-refractivity contribution in [2.75, 3.05) is 13.2 Å². The molecule has 0 aromatic heterocycles. The first-order valence-electron chi connectivity index (χ1n) is 8.94. The smallest absolute Gasteiger partial charge is 0.323 e. The van der Waals surface area contributed by atoms with Gasteiger partial charge in [0.1, 0.15) is 0 Å². The zero-order valence-electron chi connectivity index (χ0n) is 14.4. The number of aliphatic hydroxyl groups excluding tert-OH is 1. The van der Waals surface area contributed by atoms with Gasteiger partial charge in [0.15, 0.2) is 5.41 Å². The molecule has 2 N–H and O–H groups in total. The molecular formula is C21H19NO4. The van der Waals surface area contributed by atoms with E-state index in [-0.39, 0.29) is 25.0 Å². The number of amides is 1. The fourth-order valence-corrected chi connectivity index (χ4v) is 5.60. The standard InChI is InChI=1S/C21H19NO4/c1-2-26-19(25)21-17(16(11-23)22-18(21)24)20(21)14-9-5-3-7-12(14)13-8-4-6-10-15(13)20/h3-10,16-17,23H,2,11H2,1H3,(H,22,24)/t16-,17+,21-/m1/s1. The number of carbonyl (C=O) groups is 2. The van der Waals surface area contributed by atoms with Gasteiger partial charge in [0.25, 0.3) is 0 Å². The molecule has 132 valence electrons. The summed E-state index contributed by atoms with van der Waals surface area (Å²) < 4.78 is 5.37. The number of nitrogens with one attached hydrogen (secondary N) is 1. The Labute approximate surface area is 151 Å². The average molecular weight is 349 g/mol. The Balaban J connectivity index is 1.84. The summed E-state index contributed by atoms with van der Waals surface area (Å²) in [5.41, 5.74) is 1.98. The summed E-state index contributed by atoms with van der Waals surface area (Å²) in [5, 5.41) is 12.7. The predicted molar refractivity (Wildman–Crippen MR) is 94.2 cm³/mol. The minimum Gasteiger partial charge on any atom is -0.465 e. The number of esters is 1. The number of ether oxygens (including phenoxy) is 1. The largest absolute Gasteiger partial charge is 0.465 e. The maximum absolute atomic E-state index is 13.1. The van der Waals surface area contributed by atoms with Crippen LogP contribution in [0.1, 0.15) is 18.1 Å². The van der Waals surface area contributed by atoms with Crippen LogP contribution in [-0.2, 0) is 19.7 Å². The van der Waals surface area contributed by atoms with Crippen molar-refractivity contribution in [2.45, 2.75) is 18.4 Å². The summed E-state index contributed by atoms with van der Waals surface area (Å²) in [7, 11) is 0. The van der Waals surface area contributed by atoms with Gasteiger partial charge in [-0.15, -0.1) is 0 Å². The zero-order chi connectivity index (χ0) is 18.1. The van der Waals surface area contributed by atoms with Gasteiger partial charge >= 0.3 is 5.97 Å². The van der Waals surface area contributed by atoms with Gasteiger partial charge in [-0.25, -0.2) is 0 Å². The number of carbonyl (C=O) groups excluding carboxylic acids is 2. The lowest BCUT2D eigenvalue weighted by Crippen LogP contribution is -2.44. The van der Waals surface area contributed by atoms with Crippen LogP contribution in [-0.4, -0.2) is 36.2 Å². The molecule has 1 amide bonds. The third-order valence-corrected chi connectivity index (χ3v) is 6.34. The first-order chi connectivity index (χ1) is 12.7. The van der Waals surface area contributed by atoms with Gasteiger partial charge in [-0.3, -0.25) is 9.59 Å². The average Bonchev–Trinajstić information content (AvgIpc) is 3.06. The van der Waals surface area contributed by atoms with Gasteiger partial charge in [-0.2, -0.15) is 0 Å². The highest BCUT2D eigenvalue weighted by Crippen LogP contribution is 2.80. The number of rotatable bonds is 3. The molecule has 2 aromatic rings. The molecule has 1 aliphatic heterocycles. The molecular weight excluding hydrogens is 330 g/mol. The lowest BCUT2D eigenvalue weighted by molar-refractivity contribution is -0.154. The molecule has 0 unspecified atom stereocenters. The molecule has 5 rings (SSSR count). The molecule has 3 atom stereocenters. The van der Waals surface area contributed by atoms with Crippen LogP contribution < -0.4 is 5.32 Å². The van der Waals surface area contributed by atoms with Crippen molar-refractivity contribution in [3.63, 3.8) is 0 Å². The summed E-state index contributed by atoms with van der Waals surface area (Å²) in [6.07, 6.45) is 0. The summed E-state index contributed by atoms with van der Waals surface area (Å²) >= 11 is 0. The Hall–Kier alpha value is -2.66. The molecule has 1 heterocycles. The number of fused-ring (bicyclic) bond motifs is 8. The quantitative estimate of drug-likeness (QED) is 0.652. The van der Waals surface area contributed by atoms with Gasteiger partial charge in [0.05, 0.1) is 24.7 Å². The fraction of sp³-hybridized carbons (Fsp3) is 0.333. The van der Waals surface area contributed by atoms with Crippen molar-refractivity contribution in [1.29, 1.82) is 0 Å². The van der Waals surface area contributed by atoms with Crippen molar-refractivity contribution in [2.24, 2.45) is 11.3 Å². The van der Waals surface area contributed by atoms with Crippen LogP contribution in [0.2, 0.25) is 0 Å². The van der Waals surface area contributed by atoms with Crippen LogP contribution in [0.4, 0.5) is 0 Å². The van der Waals surface area contributed by atoms with Crippen molar-refractivity contribution in [3.05, 3.63) is 59.7 Å². The zero-order valence-corrected chi connectivity index (χ0v) is 14.4. The van der Waals surface area contributed by atoms with Crippen LogP contribution in [0, 0.1) is 11.3 Å². The second kappa shape index (κ2) is 4.95. The van der Waals surface area contributed by atoms with Gasteiger partial charge in [-0.05, 0) is 29.2 Å². The Bertz CT molecular complexity index is 907. The van der Waals surface area contributed by atoms with Crippen molar-refractivity contribution in [3.8, 4) is 11.1 Å². The Morgan fingerprint density at radius 2 is 1.69 bits per heavy atom. The van der Waals surface area contributed by atoms with Crippen molar-refractivity contribution >= 4 is 11.9 Å². The van der Waals surface area contributed by atoms with E-state index in [0.717, 1.165) is 22.3 Å². The fourth-order valence-electron chi connectivity index (χ4n) is 5.60. The molecule has 0 bridgehead atoms. The first kappa shape index (κ1) is 15.6. The van der Waals surface area contributed by atoms with E-state index in [0.29, 0.717) is 0 Å². The maximum Gasteiger partial charge on any atom is 0.323 e. The highest BCUT2D eigenvalue weighted by molar-refractivity contribution is 6.15. The molecule has 26 heavy (non-hydrogen) atoms. The Morgan fingerprint density at radius 3 is 2.23 bits per heavy atom. The molecule has 2 aromatic carbocycles. The molecule has 2 aliphatic carbocycles. The summed E-state index contributed by atoms with van der Waals surface area (Å²) in [6.45, 7) is 1.75. The lowest BCUT2D eigenvalue weighted by atomic mass is 9.82. The van der Waals surface area contributed by atoms with E-state index in [4.69, 9.17) is 4.74 Å². The summed E-state index contributed by atoms with van der Waals surface area (Å²) in [5.74, 6) is -1.19. The second-order valence-corrected chi connectivity index (χ2v) is 7.17. The highest BCUT2D eigenvalue weighted by Gasteiger charge is 2.92. The Morgan fingerprint density at radius 1 is 1.12 bits per heavy atom. The maximum atomic E-state index is 13.1. The van der Waals surface area contributed by atoms with E-state index in [9.17, 15) is 14.7 Å². The van der Waals surface area contributed by atoms with E-state index in [1.54, 1.807) is 6.92 Å². The molecule has 5 heteroatoms. The van der Waals surface area contributed by atoms with Crippen LogP contribution in [0.15, 0.2) is 48.5 Å².